The molecule has 4 aromatic rings. The van der Waals surface area contributed by atoms with Crippen LogP contribution in [0, 0.1) is 17.8 Å². The smallest absolute Gasteiger partial charge is 0.388 e. The van der Waals surface area contributed by atoms with Crippen LogP contribution in [-0.4, -0.2) is 20.4 Å². The number of benzene rings is 2. The Morgan fingerprint density at radius 2 is 1.66 bits per heavy atom. The third kappa shape index (κ3) is 4.14. The van der Waals surface area contributed by atoms with Crippen molar-refractivity contribution in [2.24, 2.45) is 17.8 Å². The Labute approximate surface area is 199 Å². The van der Waals surface area contributed by atoms with Crippen molar-refractivity contribution in [2.45, 2.75) is 39.5 Å². The van der Waals surface area contributed by atoms with E-state index in [9.17, 15) is 18.3 Å². The Kier molecular flexibility index (Phi) is 5.75. The van der Waals surface area contributed by atoms with Crippen molar-refractivity contribution in [3.05, 3.63) is 65.2 Å². The topological polar surface area (TPSA) is 85.2 Å². The van der Waals surface area contributed by atoms with Gasteiger partial charge in [-0.15, -0.1) is 0 Å². The first-order valence-electron chi connectivity index (χ1n) is 11.4. The van der Waals surface area contributed by atoms with Gasteiger partial charge in [-0.3, -0.25) is 0 Å². The van der Waals surface area contributed by atoms with Crippen LogP contribution in [0.1, 0.15) is 43.6 Å². The number of aromatic nitrogens is 3. The molecule has 0 radical (unpaired) electrons. The highest BCUT2D eigenvalue weighted by Gasteiger charge is 2.43. The summed E-state index contributed by atoms with van der Waals surface area (Å²) in [6.07, 6.45) is -4.59. The van der Waals surface area contributed by atoms with Crippen LogP contribution in [0.5, 0.6) is 0 Å². The van der Waals surface area contributed by atoms with Gasteiger partial charge in [-0.2, -0.15) is 18.2 Å². The fourth-order valence-electron chi connectivity index (χ4n) is 4.76. The highest BCUT2D eigenvalue weighted by atomic mass is 19.4. The molecule has 0 bridgehead atoms. The minimum Gasteiger partial charge on any atom is -0.388 e. The van der Waals surface area contributed by atoms with Crippen LogP contribution < -0.4 is 0 Å². The summed E-state index contributed by atoms with van der Waals surface area (Å²) >= 11 is 0. The van der Waals surface area contributed by atoms with Gasteiger partial charge in [0.05, 0.1) is 6.10 Å². The fourth-order valence-corrected chi connectivity index (χ4v) is 4.76. The van der Waals surface area contributed by atoms with E-state index < -0.39 is 29.5 Å². The molecule has 2 aromatic carbocycles. The summed E-state index contributed by atoms with van der Waals surface area (Å²) < 4.78 is 52.2. The molecule has 6 nitrogen and oxygen atoms in total. The molecule has 1 aliphatic carbocycles. The van der Waals surface area contributed by atoms with Gasteiger partial charge in [0, 0.05) is 11.1 Å². The summed E-state index contributed by atoms with van der Waals surface area (Å²) in [4.78, 5) is 4.20. The molecule has 35 heavy (non-hydrogen) atoms. The third-order valence-electron chi connectivity index (χ3n) is 7.13. The monoisotopic (exact) mass is 483 g/mol. The number of hydrogen-bond donors (Lipinski definition) is 1. The van der Waals surface area contributed by atoms with Crippen LogP contribution in [-0.2, 0) is 12.6 Å². The zero-order valence-electron chi connectivity index (χ0n) is 19.4. The van der Waals surface area contributed by atoms with E-state index >= 15 is 0 Å². The molecule has 2 heterocycles. The maximum absolute atomic E-state index is 14.0. The number of fused-ring (bicyclic) bond motifs is 1. The number of alkyl halides is 3. The molecule has 0 saturated heterocycles. The number of aliphatic hydroxyl groups excluding tert-OH is 1. The lowest BCUT2D eigenvalue weighted by molar-refractivity contribution is -0.136. The summed E-state index contributed by atoms with van der Waals surface area (Å²) in [5.74, 6) is -0.147. The summed E-state index contributed by atoms with van der Waals surface area (Å²) in [7, 11) is 0. The van der Waals surface area contributed by atoms with Gasteiger partial charge < -0.3 is 14.2 Å². The molecule has 4 atom stereocenters. The Bertz CT molecular complexity index is 1350. The maximum atomic E-state index is 14.0. The lowest BCUT2D eigenvalue weighted by Crippen LogP contribution is -2.20. The van der Waals surface area contributed by atoms with Crippen molar-refractivity contribution in [3.63, 3.8) is 0 Å². The van der Waals surface area contributed by atoms with Gasteiger partial charge in [0.15, 0.2) is 0 Å². The number of nitrogens with zero attached hydrogens (tertiary/aromatic N) is 3. The average molecular weight is 483 g/mol. The molecular formula is C26H24F3N3O3. The van der Waals surface area contributed by atoms with E-state index in [0.717, 1.165) is 17.5 Å². The van der Waals surface area contributed by atoms with E-state index in [4.69, 9.17) is 9.05 Å². The van der Waals surface area contributed by atoms with Crippen molar-refractivity contribution in [1.82, 2.24) is 15.3 Å². The second-order valence-corrected chi connectivity index (χ2v) is 9.28. The minimum absolute atomic E-state index is 0.0972. The van der Waals surface area contributed by atoms with Gasteiger partial charge in [-0.1, -0.05) is 73.5 Å². The van der Waals surface area contributed by atoms with Gasteiger partial charge in [0.2, 0.25) is 11.6 Å². The quantitative estimate of drug-likeness (QED) is 0.332. The Hall–Kier alpha value is -3.46. The zero-order valence-corrected chi connectivity index (χ0v) is 19.4. The minimum atomic E-state index is -4.75. The molecule has 182 valence electrons. The SMILES string of the molecule is CC1Cc2cc(-c3noc(-c4onc(-c5ccccc5)c4C(F)(F)F)n3)ccc2C(O)C(C)C1C. The number of aliphatic hydroxyl groups is 1. The van der Waals surface area contributed by atoms with Crippen LogP contribution in [0.3, 0.4) is 0 Å². The van der Waals surface area contributed by atoms with Gasteiger partial charge in [0.25, 0.3) is 5.89 Å². The highest BCUT2D eigenvalue weighted by Crippen LogP contribution is 2.44. The molecular weight excluding hydrogens is 459 g/mol. The molecule has 2 aromatic heterocycles. The van der Waals surface area contributed by atoms with Gasteiger partial charge in [-0.05, 0) is 41.4 Å². The van der Waals surface area contributed by atoms with Crippen LogP contribution in [0.25, 0.3) is 34.3 Å². The number of hydrogen-bond acceptors (Lipinski definition) is 6. The number of rotatable bonds is 3. The first-order valence-corrected chi connectivity index (χ1v) is 11.4. The van der Waals surface area contributed by atoms with E-state index in [1.165, 1.54) is 12.1 Å². The van der Waals surface area contributed by atoms with E-state index in [0.29, 0.717) is 17.4 Å². The molecule has 0 saturated carbocycles. The predicted octanol–water partition coefficient (Wildman–Crippen LogP) is 6.58. The molecule has 1 aliphatic rings. The van der Waals surface area contributed by atoms with E-state index in [-0.39, 0.29) is 23.0 Å². The fraction of sp³-hybridized carbons (Fsp3) is 0.346. The summed E-state index contributed by atoms with van der Waals surface area (Å²) in [5, 5.41) is 18.4. The first-order chi connectivity index (χ1) is 16.6. The molecule has 0 aliphatic heterocycles. The summed E-state index contributed by atoms with van der Waals surface area (Å²) in [5.41, 5.74) is 1.24. The predicted molar refractivity (Wildman–Crippen MR) is 122 cm³/mol. The van der Waals surface area contributed by atoms with Crippen LogP contribution in [0.2, 0.25) is 0 Å². The second-order valence-electron chi connectivity index (χ2n) is 9.28. The summed E-state index contributed by atoms with van der Waals surface area (Å²) in [6, 6.07) is 13.4. The highest BCUT2D eigenvalue weighted by molar-refractivity contribution is 5.71. The van der Waals surface area contributed by atoms with Crippen molar-refractivity contribution >= 4 is 0 Å². The lowest BCUT2D eigenvalue weighted by atomic mass is 9.82. The van der Waals surface area contributed by atoms with Gasteiger partial charge in [-0.25, -0.2) is 0 Å². The second kappa shape index (κ2) is 8.64. The molecule has 0 fully saturated rings. The molecule has 0 amide bonds. The first kappa shape index (κ1) is 23.3. The van der Waals surface area contributed by atoms with E-state index in [1.807, 2.05) is 19.1 Å². The van der Waals surface area contributed by atoms with Crippen molar-refractivity contribution in [3.8, 4) is 34.3 Å². The van der Waals surface area contributed by atoms with Crippen molar-refractivity contribution in [2.75, 3.05) is 0 Å². The van der Waals surface area contributed by atoms with Crippen molar-refractivity contribution in [1.29, 1.82) is 0 Å². The van der Waals surface area contributed by atoms with Gasteiger partial charge >= 0.3 is 6.18 Å². The Balaban J connectivity index is 1.54. The number of halogens is 3. The lowest BCUT2D eigenvalue weighted by Gasteiger charge is -2.25. The zero-order chi connectivity index (χ0) is 24.9. The van der Waals surface area contributed by atoms with Crippen molar-refractivity contribution < 1.29 is 27.3 Å². The van der Waals surface area contributed by atoms with Gasteiger partial charge in [0.1, 0.15) is 11.3 Å². The molecule has 5 rings (SSSR count). The Morgan fingerprint density at radius 1 is 0.914 bits per heavy atom. The normalized spacial score (nSPS) is 22.6. The molecule has 1 N–H and O–H groups in total. The average Bonchev–Trinajstić information content (AvgIpc) is 3.49. The van der Waals surface area contributed by atoms with Crippen LogP contribution >= 0.6 is 0 Å². The molecule has 9 heteroatoms. The van der Waals surface area contributed by atoms with E-state index in [2.05, 4.69) is 29.1 Å². The van der Waals surface area contributed by atoms with Crippen LogP contribution in [0.15, 0.2) is 57.6 Å². The Morgan fingerprint density at radius 3 is 2.37 bits per heavy atom. The molecule has 4 unspecified atom stereocenters. The summed E-state index contributed by atoms with van der Waals surface area (Å²) in [6.45, 7) is 6.32. The third-order valence-corrected chi connectivity index (χ3v) is 7.13. The maximum Gasteiger partial charge on any atom is 0.422 e. The standard InChI is InChI=1S/C26H24F3N3O3/c1-13-11-18-12-17(9-10-19(18)22(33)15(3)14(13)2)24-30-25(35-32-24)23-20(26(27,28)29)21(31-34-23)16-7-5-4-6-8-16/h4-10,12-15,22,33H,11H2,1-3H3. The van der Waals surface area contributed by atoms with E-state index in [1.54, 1.807) is 24.3 Å². The van der Waals surface area contributed by atoms with Crippen LogP contribution in [0.4, 0.5) is 13.2 Å². The largest absolute Gasteiger partial charge is 0.422 e. The molecule has 0 spiro atoms.